The van der Waals surface area contributed by atoms with Crippen LogP contribution in [0, 0.1) is 0 Å². The number of carbonyl (C=O) groups excluding carboxylic acids is 1. The molecule has 0 fully saturated rings. The Morgan fingerprint density at radius 3 is 2.09 bits per heavy atom. The van der Waals surface area contributed by atoms with E-state index >= 15 is 0 Å². The Labute approximate surface area is 62.3 Å². The lowest BCUT2D eigenvalue weighted by molar-refractivity contribution is -0.319. The van der Waals surface area contributed by atoms with Gasteiger partial charge in [0.25, 0.3) is 0 Å². The molecule has 66 valence electrons. The Bertz CT molecular complexity index is 135. The molecule has 0 bridgehead atoms. The summed E-state index contributed by atoms with van der Waals surface area (Å²) in [5.74, 6) is -1.90. The van der Waals surface area contributed by atoms with Crippen LogP contribution in [0.4, 0.5) is 0 Å². The fourth-order valence-corrected chi connectivity index (χ4v) is 0.458. The summed E-state index contributed by atoms with van der Waals surface area (Å²) < 4.78 is 0. The Kier molecular flexibility index (Phi) is 3.98. The molecule has 0 aliphatic heterocycles. The molecule has 4 N–H and O–H groups in total. The zero-order chi connectivity index (χ0) is 9.02. The average molecular weight is 165 g/mol. The lowest BCUT2D eigenvalue weighted by Gasteiger charge is -2.21. The van der Waals surface area contributed by atoms with Crippen molar-refractivity contribution in [3.05, 3.63) is 0 Å². The molecule has 0 aromatic heterocycles. The Morgan fingerprint density at radius 1 is 1.36 bits per heavy atom. The molecule has 0 aromatic carbocycles. The second kappa shape index (κ2) is 4.24. The first-order valence-corrected chi connectivity index (χ1v) is 2.86. The maximum absolute atomic E-state index is 9.85. The van der Waals surface area contributed by atoms with Gasteiger partial charge in [0, 0.05) is 0 Å². The van der Waals surface area contributed by atoms with E-state index in [0.29, 0.717) is 0 Å². The minimum absolute atomic E-state index is 0.828. The lowest BCUT2D eigenvalue weighted by atomic mass is 10.1. The van der Waals surface area contributed by atoms with E-state index in [1.807, 2.05) is 0 Å². The lowest BCUT2D eigenvalue weighted by Crippen LogP contribution is -2.49. The van der Waals surface area contributed by atoms with Crippen LogP contribution in [0.1, 0.15) is 0 Å². The summed E-state index contributed by atoms with van der Waals surface area (Å²) in [5.41, 5.74) is 0. The summed E-state index contributed by atoms with van der Waals surface area (Å²) in [6.07, 6.45) is -5.79. The molecule has 0 unspecified atom stereocenters. The van der Waals surface area contributed by atoms with Crippen LogP contribution in [0.15, 0.2) is 0 Å². The van der Waals surface area contributed by atoms with Crippen molar-refractivity contribution in [1.29, 1.82) is 0 Å². The van der Waals surface area contributed by atoms with Crippen LogP contribution >= 0.6 is 0 Å². The van der Waals surface area contributed by atoms with Crippen molar-refractivity contribution in [3.63, 3.8) is 0 Å². The van der Waals surface area contributed by atoms with Gasteiger partial charge in [0.2, 0.25) is 0 Å². The van der Waals surface area contributed by atoms with Crippen molar-refractivity contribution < 1.29 is 30.3 Å². The van der Waals surface area contributed by atoms with E-state index in [2.05, 4.69) is 0 Å². The first-order valence-electron chi connectivity index (χ1n) is 2.86. The van der Waals surface area contributed by atoms with E-state index in [4.69, 9.17) is 20.4 Å². The molecule has 0 radical (unpaired) electrons. The zero-order valence-corrected chi connectivity index (χ0v) is 5.54. The molecule has 0 aliphatic carbocycles. The largest absolute Gasteiger partial charge is 0.547 e. The van der Waals surface area contributed by atoms with Crippen LogP contribution in [0.3, 0.4) is 0 Å². The van der Waals surface area contributed by atoms with Crippen LogP contribution in [0.5, 0.6) is 0 Å². The molecule has 3 atom stereocenters. The first kappa shape index (κ1) is 10.3. The van der Waals surface area contributed by atoms with Crippen molar-refractivity contribution in [2.75, 3.05) is 6.61 Å². The predicted molar refractivity (Wildman–Crippen MR) is 30.1 cm³/mol. The van der Waals surface area contributed by atoms with E-state index in [9.17, 15) is 9.90 Å². The summed E-state index contributed by atoms with van der Waals surface area (Å²) >= 11 is 0. The molecule has 0 amide bonds. The van der Waals surface area contributed by atoms with Gasteiger partial charge in [-0.25, -0.2) is 0 Å². The third-order valence-corrected chi connectivity index (χ3v) is 1.15. The summed E-state index contributed by atoms with van der Waals surface area (Å²) in [6, 6.07) is 0. The van der Waals surface area contributed by atoms with Gasteiger partial charge in [-0.05, 0) is 0 Å². The molecule has 0 heterocycles. The fourth-order valence-electron chi connectivity index (χ4n) is 0.458. The molecule has 0 rings (SSSR count). The summed E-state index contributed by atoms with van der Waals surface area (Å²) in [5, 5.41) is 43.8. The summed E-state index contributed by atoms with van der Waals surface area (Å²) in [7, 11) is 0. The second-order valence-corrected chi connectivity index (χ2v) is 2.00. The van der Waals surface area contributed by atoms with Gasteiger partial charge in [0.05, 0.1) is 12.6 Å². The molecule has 0 saturated carbocycles. The van der Waals surface area contributed by atoms with Crippen molar-refractivity contribution in [1.82, 2.24) is 0 Å². The standard InChI is InChI=1S/C5H10O6/c6-1-2(7)3(8)4(9)5(10)11/h2-4,6-9H,1H2,(H,10,11)/p-1/t2-,3+,4-/m1/s1. The normalized spacial score (nSPS) is 18.9. The number of carbonyl (C=O) groups is 1. The Balaban J connectivity index is 4.00. The van der Waals surface area contributed by atoms with Crippen molar-refractivity contribution in [2.45, 2.75) is 18.3 Å². The van der Waals surface area contributed by atoms with Gasteiger partial charge in [-0.1, -0.05) is 0 Å². The predicted octanol–water partition coefficient (Wildman–Crippen LogP) is -4.19. The topological polar surface area (TPSA) is 121 Å². The van der Waals surface area contributed by atoms with Crippen LogP contribution in [-0.2, 0) is 4.79 Å². The first-order chi connectivity index (χ1) is 5.00. The molecule has 6 nitrogen and oxygen atoms in total. The molecule has 0 spiro atoms. The third-order valence-electron chi connectivity index (χ3n) is 1.15. The minimum Gasteiger partial charge on any atom is -0.547 e. The molecular weight excluding hydrogens is 156 g/mol. The maximum atomic E-state index is 9.85. The fraction of sp³-hybridized carbons (Fsp3) is 0.800. The molecule has 11 heavy (non-hydrogen) atoms. The molecular formula is C5H9O6-. The van der Waals surface area contributed by atoms with Gasteiger partial charge >= 0.3 is 0 Å². The number of carboxylic acid groups (broad SMARTS) is 1. The number of aliphatic carboxylic acids is 1. The van der Waals surface area contributed by atoms with E-state index in [1.54, 1.807) is 0 Å². The monoisotopic (exact) mass is 165 g/mol. The highest BCUT2D eigenvalue weighted by Crippen LogP contribution is 1.98. The Morgan fingerprint density at radius 2 is 1.82 bits per heavy atom. The van der Waals surface area contributed by atoms with E-state index in [1.165, 1.54) is 0 Å². The van der Waals surface area contributed by atoms with Crippen molar-refractivity contribution in [2.24, 2.45) is 0 Å². The van der Waals surface area contributed by atoms with Gasteiger partial charge in [-0.15, -0.1) is 0 Å². The van der Waals surface area contributed by atoms with Gasteiger partial charge < -0.3 is 30.3 Å². The summed E-state index contributed by atoms with van der Waals surface area (Å²) in [6.45, 7) is -0.828. The van der Waals surface area contributed by atoms with Gasteiger partial charge in [-0.3, -0.25) is 0 Å². The SMILES string of the molecule is O=C([O-])[C@H](O)[C@@H](O)[C@H](O)CO. The highest BCUT2D eigenvalue weighted by Gasteiger charge is 2.24. The van der Waals surface area contributed by atoms with Gasteiger partial charge in [-0.2, -0.15) is 0 Å². The van der Waals surface area contributed by atoms with Gasteiger partial charge in [0.15, 0.2) is 0 Å². The van der Waals surface area contributed by atoms with Crippen LogP contribution < -0.4 is 5.11 Å². The number of rotatable bonds is 4. The van der Waals surface area contributed by atoms with Crippen LogP contribution in [0.2, 0.25) is 0 Å². The maximum Gasteiger partial charge on any atom is 0.122 e. The number of carboxylic acids is 1. The average Bonchev–Trinajstić information content (AvgIpc) is 2.00. The zero-order valence-electron chi connectivity index (χ0n) is 5.54. The number of aliphatic hydroxyl groups excluding tert-OH is 4. The second-order valence-electron chi connectivity index (χ2n) is 2.00. The smallest absolute Gasteiger partial charge is 0.122 e. The number of aliphatic hydroxyl groups is 4. The minimum atomic E-state index is -2.18. The van der Waals surface area contributed by atoms with Crippen molar-refractivity contribution in [3.8, 4) is 0 Å². The quantitative estimate of drug-likeness (QED) is 0.335. The Hall–Kier alpha value is -0.690. The highest BCUT2D eigenvalue weighted by atomic mass is 16.4. The van der Waals surface area contributed by atoms with Gasteiger partial charge in [0.1, 0.15) is 18.3 Å². The van der Waals surface area contributed by atoms with E-state index in [0.717, 1.165) is 0 Å². The molecule has 0 aromatic rings. The van der Waals surface area contributed by atoms with Crippen molar-refractivity contribution >= 4 is 5.97 Å². The number of hydrogen-bond acceptors (Lipinski definition) is 6. The summed E-state index contributed by atoms with van der Waals surface area (Å²) in [4.78, 5) is 9.85. The third kappa shape index (κ3) is 2.81. The molecule has 0 aliphatic rings. The highest BCUT2D eigenvalue weighted by molar-refractivity contribution is 5.70. The molecule has 6 heteroatoms. The van der Waals surface area contributed by atoms with E-state index in [-0.39, 0.29) is 0 Å². The van der Waals surface area contributed by atoms with E-state index < -0.39 is 30.9 Å². The van der Waals surface area contributed by atoms with Crippen LogP contribution in [0.25, 0.3) is 0 Å². The van der Waals surface area contributed by atoms with Crippen LogP contribution in [-0.4, -0.2) is 51.3 Å². The number of hydrogen-bond donors (Lipinski definition) is 4. The molecule has 0 saturated heterocycles.